The van der Waals surface area contributed by atoms with Gasteiger partial charge in [0, 0.05) is 12.0 Å². The minimum absolute atomic E-state index is 0.0566. The Kier molecular flexibility index (Phi) is 15.2. The summed E-state index contributed by atoms with van der Waals surface area (Å²) in [6.07, 6.45) is -2.69. The van der Waals surface area contributed by atoms with E-state index in [2.05, 4.69) is 98.7 Å². The van der Waals surface area contributed by atoms with Crippen LogP contribution in [0.2, 0.25) is 54.4 Å². The highest BCUT2D eigenvalue weighted by Gasteiger charge is 2.71. The first-order chi connectivity index (χ1) is 26.6. The number of fused-ring (bicyclic) bond motifs is 1. The van der Waals surface area contributed by atoms with Crippen molar-refractivity contribution in [2.75, 3.05) is 27.4 Å². The Bertz CT molecular complexity index is 1630. The monoisotopic (exact) mass is 846 g/mol. The highest BCUT2D eigenvalue weighted by molar-refractivity contribution is 6.87. The number of ether oxygens (including phenoxy) is 6. The van der Waals surface area contributed by atoms with Gasteiger partial charge in [0.2, 0.25) is 0 Å². The molecule has 2 heterocycles. The molecule has 2 saturated heterocycles. The van der Waals surface area contributed by atoms with Gasteiger partial charge in [0.25, 0.3) is 0 Å². The molecule has 3 aliphatic rings. The normalized spacial score (nSPS) is 28.5. The van der Waals surface area contributed by atoms with Crippen molar-refractivity contribution in [3.8, 4) is 34.8 Å². The first kappa shape index (κ1) is 47.9. The van der Waals surface area contributed by atoms with Crippen molar-refractivity contribution in [1.82, 2.24) is 0 Å². The first-order valence-corrected chi connectivity index (χ1v) is 29.3. The van der Waals surface area contributed by atoms with Gasteiger partial charge in [-0.2, -0.15) is 0 Å². The molecule has 1 aromatic rings. The SMILES string of the molecule is CC[Si](C#CC[C@](C#CC1(O)C[C@H](O[Si](C)(C)C(C)(C)C)[C@H]2OC(c3ccc(OC)c(OC)c3)O[C@]21CO)(O[Si](CC)(CC)CC)[C@H]1COC(C)(C)O1)(CC)CC. The summed E-state index contributed by atoms with van der Waals surface area (Å²) in [4.78, 5) is 0. The number of aliphatic hydroxyl groups excluding tert-OH is 1. The summed E-state index contributed by atoms with van der Waals surface area (Å²) in [6, 6.07) is 11.2. The minimum Gasteiger partial charge on any atom is -0.493 e. The number of aliphatic hydroxyl groups is 2. The van der Waals surface area contributed by atoms with Crippen LogP contribution < -0.4 is 9.47 Å². The number of benzene rings is 1. The maximum Gasteiger partial charge on any atom is 0.194 e. The molecule has 2 unspecified atom stereocenters. The summed E-state index contributed by atoms with van der Waals surface area (Å²) < 4.78 is 52.1. The average molecular weight is 847 g/mol. The van der Waals surface area contributed by atoms with Crippen LogP contribution in [0.5, 0.6) is 11.5 Å². The topological polar surface area (TPSA) is 114 Å². The van der Waals surface area contributed by atoms with Crippen LogP contribution in [-0.2, 0) is 27.8 Å². The standard InChI is InChI=1S/C44H74O10Si3/c1-16-56(17-2,18-3)28-22-25-42(37-31-49-41(10,11)51-37,54-57(19-4,20-5)21-6)26-27-43(46)30-36(53-55(14,15)40(7,8)9)38-44(43,32-45)52-39(50-38)33-23-24-34(47-12)35(29-33)48-13/h23-24,29,36-39,45-46H,16-21,25,30-32H2,1-15H3/t36-,37+,38+,39?,42+,43?,44+/m0/s1. The Morgan fingerprint density at radius 2 is 1.51 bits per heavy atom. The zero-order valence-corrected chi connectivity index (χ0v) is 40.8. The van der Waals surface area contributed by atoms with Gasteiger partial charge in [-0.05, 0) is 80.4 Å². The van der Waals surface area contributed by atoms with E-state index in [-0.39, 0.29) is 24.5 Å². The van der Waals surface area contributed by atoms with Crippen molar-refractivity contribution in [1.29, 1.82) is 0 Å². The second-order valence-corrected chi connectivity index (χ2v) is 32.7. The molecule has 0 aromatic heterocycles. The summed E-state index contributed by atoms with van der Waals surface area (Å²) in [7, 11) is -3.54. The molecule has 1 aromatic carbocycles. The van der Waals surface area contributed by atoms with E-state index in [1.54, 1.807) is 26.4 Å². The predicted octanol–water partition coefficient (Wildman–Crippen LogP) is 8.73. The molecule has 322 valence electrons. The lowest BCUT2D eigenvalue weighted by molar-refractivity contribution is -0.172. The highest BCUT2D eigenvalue weighted by Crippen LogP contribution is 2.55. The summed E-state index contributed by atoms with van der Waals surface area (Å²) in [5.41, 5.74) is -0.414. The van der Waals surface area contributed by atoms with Crippen LogP contribution in [0.4, 0.5) is 0 Å². The van der Waals surface area contributed by atoms with E-state index in [4.69, 9.17) is 37.3 Å². The van der Waals surface area contributed by atoms with Gasteiger partial charge in [-0.15, -0.1) is 11.5 Å². The Morgan fingerprint density at radius 3 is 2.00 bits per heavy atom. The summed E-state index contributed by atoms with van der Waals surface area (Å²) in [6.45, 7) is 27.7. The Balaban J connectivity index is 1.97. The largest absolute Gasteiger partial charge is 0.493 e. The summed E-state index contributed by atoms with van der Waals surface area (Å²) in [5.74, 6) is 10.7. The Labute approximate surface area is 347 Å². The van der Waals surface area contributed by atoms with Gasteiger partial charge in [-0.3, -0.25) is 0 Å². The molecule has 0 bridgehead atoms. The van der Waals surface area contributed by atoms with Crippen LogP contribution in [0.15, 0.2) is 18.2 Å². The molecule has 3 fully saturated rings. The summed E-state index contributed by atoms with van der Waals surface area (Å²) in [5, 5.41) is 24.5. The fraction of sp³-hybridized carbons (Fsp3) is 0.773. The number of hydrogen-bond donors (Lipinski definition) is 2. The van der Waals surface area contributed by atoms with Crippen molar-refractivity contribution in [2.45, 2.75) is 191 Å². The first-order valence-electron chi connectivity index (χ1n) is 21.2. The second kappa shape index (κ2) is 18.1. The van der Waals surface area contributed by atoms with E-state index in [0.29, 0.717) is 17.1 Å². The quantitative estimate of drug-likeness (QED) is 0.124. The molecule has 57 heavy (non-hydrogen) atoms. The molecular formula is C44H74O10Si3. The third-order valence-electron chi connectivity index (χ3n) is 13.8. The van der Waals surface area contributed by atoms with E-state index in [1.165, 1.54) is 0 Å². The van der Waals surface area contributed by atoms with E-state index in [9.17, 15) is 10.2 Å². The van der Waals surface area contributed by atoms with Crippen molar-refractivity contribution in [3.63, 3.8) is 0 Å². The molecule has 13 heteroatoms. The summed E-state index contributed by atoms with van der Waals surface area (Å²) >= 11 is 0. The zero-order valence-electron chi connectivity index (χ0n) is 37.8. The Hall–Kier alpha value is -1.73. The van der Waals surface area contributed by atoms with Gasteiger partial charge in [0.15, 0.2) is 57.0 Å². The van der Waals surface area contributed by atoms with Gasteiger partial charge in [0.1, 0.15) is 20.3 Å². The lowest BCUT2D eigenvalue weighted by atomic mass is 9.84. The zero-order chi connectivity index (χ0) is 42.7. The molecule has 0 amide bonds. The number of methoxy groups -OCH3 is 2. The molecule has 4 rings (SSSR count). The van der Waals surface area contributed by atoms with Crippen LogP contribution in [0.1, 0.15) is 101 Å². The van der Waals surface area contributed by atoms with E-state index >= 15 is 0 Å². The third-order valence-corrected chi connectivity index (χ3v) is 27.8. The van der Waals surface area contributed by atoms with Crippen LogP contribution in [0.3, 0.4) is 0 Å². The lowest BCUT2D eigenvalue weighted by Gasteiger charge is -2.42. The molecule has 1 saturated carbocycles. The third kappa shape index (κ3) is 9.45. The van der Waals surface area contributed by atoms with Crippen LogP contribution in [0.25, 0.3) is 0 Å². The van der Waals surface area contributed by atoms with Gasteiger partial charge in [-0.1, -0.05) is 80.2 Å². The van der Waals surface area contributed by atoms with Gasteiger partial charge in [-0.25, -0.2) is 0 Å². The van der Waals surface area contributed by atoms with E-state index in [0.717, 1.165) is 36.3 Å². The fourth-order valence-electron chi connectivity index (χ4n) is 8.26. The van der Waals surface area contributed by atoms with Crippen molar-refractivity contribution in [3.05, 3.63) is 23.8 Å². The average Bonchev–Trinajstić information content (AvgIpc) is 3.84. The highest BCUT2D eigenvalue weighted by atomic mass is 28.4. The van der Waals surface area contributed by atoms with Gasteiger partial charge < -0.3 is 47.5 Å². The molecule has 2 N–H and O–H groups in total. The molecular weight excluding hydrogens is 773 g/mol. The maximum atomic E-state index is 13.2. The molecule has 7 atom stereocenters. The van der Waals surface area contributed by atoms with E-state index < -0.39 is 78.5 Å². The Morgan fingerprint density at radius 1 is 0.895 bits per heavy atom. The fourth-order valence-corrected chi connectivity index (χ4v) is 15.0. The number of hydrogen-bond acceptors (Lipinski definition) is 10. The van der Waals surface area contributed by atoms with Crippen LogP contribution in [0, 0.1) is 23.3 Å². The van der Waals surface area contributed by atoms with Crippen molar-refractivity contribution in [2.24, 2.45) is 0 Å². The molecule has 0 radical (unpaired) electrons. The van der Waals surface area contributed by atoms with Crippen LogP contribution in [-0.4, -0.2) is 103 Å². The van der Waals surface area contributed by atoms with Crippen molar-refractivity contribution < 1.29 is 47.5 Å². The predicted molar refractivity (Wildman–Crippen MR) is 233 cm³/mol. The van der Waals surface area contributed by atoms with Crippen molar-refractivity contribution >= 4 is 24.7 Å². The van der Waals surface area contributed by atoms with Gasteiger partial charge in [0.05, 0.1) is 40.0 Å². The minimum atomic E-state index is -2.44. The maximum absolute atomic E-state index is 13.2. The molecule has 0 spiro atoms. The molecule has 2 aliphatic heterocycles. The second-order valence-electron chi connectivity index (χ2n) is 18.3. The van der Waals surface area contributed by atoms with Gasteiger partial charge >= 0.3 is 0 Å². The lowest BCUT2D eigenvalue weighted by Crippen LogP contribution is -2.58. The molecule has 10 nitrogen and oxygen atoms in total. The van der Waals surface area contributed by atoms with E-state index in [1.807, 2.05) is 19.9 Å². The molecule has 1 aliphatic carbocycles. The van der Waals surface area contributed by atoms with Crippen LogP contribution >= 0.6 is 0 Å². The number of rotatable bonds is 16. The smallest absolute Gasteiger partial charge is 0.194 e.